The molecular formula is C16H26N2. The van der Waals surface area contributed by atoms with Crippen molar-refractivity contribution in [3.63, 3.8) is 0 Å². The highest BCUT2D eigenvalue weighted by Crippen LogP contribution is 2.29. The van der Waals surface area contributed by atoms with Gasteiger partial charge in [-0.15, -0.1) is 0 Å². The zero-order valence-electron chi connectivity index (χ0n) is 11.7. The molecule has 2 heteroatoms. The van der Waals surface area contributed by atoms with Gasteiger partial charge in [-0.05, 0) is 48.3 Å². The Labute approximate surface area is 111 Å². The lowest BCUT2D eigenvalue weighted by Crippen LogP contribution is -2.34. The quantitative estimate of drug-likeness (QED) is 0.803. The summed E-state index contributed by atoms with van der Waals surface area (Å²) in [6.45, 7) is 4.39. The standard InChI is InChI=1S/C16H26N2/c1-11(2)14-10-12(7-8-16(14)18)9-13-5-3-4-6-15(13)17/h7-8,10-11,13,15H,3-6,9,17-18H2,1-2H3. The summed E-state index contributed by atoms with van der Waals surface area (Å²) in [5, 5.41) is 0. The number of hydrogen-bond acceptors (Lipinski definition) is 2. The molecule has 2 atom stereocenters. The van der Waals surface area contributed by atoms with Crippen LogP contribution in [-0.2, 0) is 6.42 Å². The third kappa shape index (κ3) is 3.05. The molecule has 0 aliphatic heterocycles. The maximum absolute atomic E-state index is 6.23. The summed E-state index contributed by atoms with van der Waals surface area (Å²) in [7, 11) is 0. The fourth-order valence-corrected chi connectivity index (χ4v) is 3.04. The van der Waals surface area contributed by atoms with E-state index in [-0.39, 0.29) is 0 Å². The first-order valence-electron chi connectivity index (χ1n) is 7.22. The van der Waals surface area contributed by atoms with Crippen molar-refractivity contribution < 1.29 is 0 Å². The molecule has 0 aromatic heterocycles. The third-order valence-electron chi connectivity index (χ3n) is 4.24. The minimum Gasteiger partial charge on any atom is -0.398 e. The molecule has 0 amide bonds. The second-order valence-electron chi connectivity index (χ2n) is 6.03. The van der Waals surface area contributed by atoms with Crippen LogP contribution in [0.25, 0.3) is 0 Å². The molecule has 2 rings (SSSR count). The van der Waals surface area contributed by atoms with E-state index in [2.05, 4.69) is 32.0 Å². The first-order valence-corrected chi connectivity index (χ1v) is 7.22. The summed E-state index contributed by atoms with van der Waals surface area (Å²) >= 11 is 0. The molecule has 1 fully saturated rings. The molecule has 1 aliphatic carbocycles. The Balaban J connectivity index is 2.11. The summed E-state index contributed by atoms with van der Waals surface area (Å²) in [4.78, 5) is 0. The van der Waals surface area contributed by atoms with Gasteiger partial charge >= 0.3 is 0 Å². The van der Waals surface area contributed by atoms with Crippen LogP contribution in [-0.4, -0.2) is 6.04 Å². The third-order valence-corrected chi connectivity index (χ3v) is 4.24. The largest absolute Gasteiger partial charge is 0.398 e. The van der Waals surface area contributed by atoms with Crippen LogP contribution in [0.2, 0.25) is 0 Å². The van der Waals surface area contributed by atoms with Gasteiger partial charge in [-0.3, -0.25) is 0 Å². The lowest BCUT2D eigenvalue weighted by Gasteiger charge is -2.28. The van der Waals surface area contributed by atoms with E-state index >= 15 is 0 Å². The summed E-state index contributed by atoms with van der Waals surface area (Å²) in [5.74, 6) is 1.15. The number of nitrogens with two attached hydrogens (primary N) is 2. The van der Waals surface area contributed by atoms with Crippen molar-refractivity contribution in [2.45, 2.75) is 57.9 Å². The van der Waals surface area contributed by atoms with Crippen molar-refractivity contribution in [1.29, 1.82) is 0 Å². The van der Waals surface area contributed by atoms with E-state index in [1.807, 2.05) is 0 Å². The Hall–Kier alpha value is -1.02. The molecule has 0 bridgehead atoms. The second-order valence-corrected chi connectivity index (χ2v) is 6.03. The van der Waals surface area contributed by atoms with Crippen LogP contribution in [0.1, 0.15) is 56.6 Å². The number of benzene rings is 1. The Morgan fingerprint density at radius 2 is 1.94 bits per heavy atom. The van der Waals surface area contributed by atoms with Gasteiger partial charge < -0.3 is 11.5 Å². The van der Waals surface area contributed by atoms with Crippen molar-refractivity contribution >= 4 is 5.69 Å². The van der Waals surface area contributed by atoms with Crippen LogP contribution >= 0.6 is 0 Å². The lowest BCUT2D eigenvalue weighted by molar-refractivity contribution is 0.306. The van der Waals surface area contributed by atoms with Crippen molar-refractivity contribution in [1.82, 2.24) is 0 Å². The van der Waals surface area contributed by atoms with Crippen LogP contribution in [0.3, 0.4) is 0 Å². The predicted octanol–water partition coefficient (Wildman–Crippen LogP) is 3.45. The highest BCUT2D eigenvalue weighted by atomic mass is 14.7. The summed E-state index contributed by atoms with van der Waals surface area (Å²) < 4.78 is 0. The van der Waals surface area contributed by atoms with Crippen molar-refractivity contribution in [2.24, 2.45) is 11.7 Å². The first kappa shape index (κ1) is 13.4. The molecule has 4 N–H and O–H groups in total. The van der Waals surface area contributed by atoms with E-state index < -0.39 is 0 Å². The zero-order valence-corrected chi connectivity index (χ0v) is 11.7. The van der Waals surface area contributed by atoms with E-state index in [1.54, 1.807) is 0 Å². The number of nitrogen functional groups attached to an aromatic ring is 1. The monoisotopic (exact) mass is 246 g/mol. The molecule has 0 heterocycles. The van der Waals surface area contributed by atoms with Gasteiger partial charge in [0.15, 0.2) is 0 Å². The molecule has 2 nitrogen and oxygen atoms in total. The average molecular weight is 246 g/mol. The van der Waals surface area contributed by atoms with Crippen molar-refractivity contribution in [2.75, 3.05) is 5.73 Å². The molecule has 2 unspecified atom stereocenters. The molecule has 1 aliphatic rings. The Morgan fingerprint density at radius 1 is 1.22 bits per heavy atom. The number of hydrogen-bond donors (Lipinski definition) is 2. The maximum atomic E-state index is 6.23. The molecule has 18 heavy (non-hydrogen) atoms. The van der Waals surface area contributed by atoms with Crippen LogP contribution in [0, 0.1) is 5.92 Å². The Kier molecular flexibility index (Phi) is 4.28. The molecule has 0 saturated heterocycles. The van der Waals surface area contributed by atoms with Crippen LogP contribution in [0.5, 0.6) is 0 Å². The molecule has 0 spiro atoms. The molecule has 1 aromatic carbocycles. The predicted molar refractivity (Wildman–Crippen MR) is 78.6 cm³/mol. The van der Waals surface area contributed by atoms with E-state index in [0.717, 1.165) is 12.1 Å². The fraction of sp³-hybridized carbons (Fsp3) is 0.625. The highest BCUT2D eigenvalue weighted by Gasteiger charge is 2.22. The maximum Gasteiger partial charge on any atom is 0.0349 e. The van der Waals surface area contributed by atoms with Crippen molar-refractivity contribution in [3.05, 3.63) is 29.3 Å². The van der Waals surface area contributed by atoms with Crippen LogP contribution in [0.15, 0.2) is 18.2 Å². The topological polar surface area (TPSA) is 52.0 Å². The van der Waals surface area contributed by atoms with Gasteiger partial charge in [0.2, 0.25) is 0 Å². The smallest absolute Gasteiger partial charge is 0.0349 e. The van der Waals surface area contributed by atoms with Gasteiger partial charge in [0.05, 0.1) is 0 Å². The van der Waals surface area contributed by atoms with E-state index in [0.29, 0.717) is 17.9 Å². The van der Waals surface area contributed by atoms with Gasteiger partial charge in [-0.1, -0.05) is 38.8 Å². The van der Waals surface area contributed by atoms with Crippen molar-refractivity contribution in [3.8, 4) is 0 Å². The minimum atomic E-state index is 0.388. The van der Waals surface area contributed by atoms with Gasteiger partial charge in [-0.2, -0.15) is 0 Å². The minimum absolute atomic E-state index is 0.388. The molecular weight excluding hydrogens is 220 g/mol. The lowest BCUT2D eigenvalue weighted by atomic mass is 9.81. The SMILES string of the molecule is CC(C)c1cc(CC2CCCCC2N)ccc1N. The molecule has 1 aromatic rings. The number of rotatable bonds is 3. The zero-order chi connectivity index (χ0) is 13.1. The van der Waals surface area contributed by atoms with Gasteiger partial charge in [-0.25, -0.2) is 0 Å². The molecule has 0 radical (unpaired) electrons. The molecule has 1 saturated carbocycles. The van der Waals surface area contributed by atoms with Crippen LogP contribution < -0.4 is 11.5 Å². The van der Waals surface area contributed by atoms with E-state index in [4.69, 9.17) is 11.5 Å². The summed E-state index contributed by atoms with van der Waals surface area (Å²) in [6.07, 6.45) is 6.22. The average Bonchev–Trinajstić information content (AvgIpc) is 2.34. The summed E-state index contributed by atoms with van der Waals surface area (Å²) in [6, 6.07) is 6.89. The van der Waals surface area contributed by atoms with Crippen LogP contribution in [0.4, 0.5) is 5.69 Å². The normalized spacial score (nSPS) is 24.4. The van der Waals surface area contributed by atoms with Gasteiger partial charge in [0.1, 0.15) is 0 Å². The number of anilines is 1. The van der Waals surface area contributed by atoms with E-state index in [9.17, 15) is 0 Å². The highest BCUT2D eigenvalue weighted by molar-refractivity contribution is 5.50. The van der Waals surface area contributed by atoms with Gasteiger partial charge in [0, 0.05) is 11.7 Å². The first-order chi connectivity index (χ1) is 8.58. The second kappa shape index (κ2) is 5.75. The van der Waals surface area contributed by atoms with Gasteiger partial charge in [0.25, 0.3) is 0 Å². The van der Waals surface area contributed by atoms with E-state index in [1.165, 1.54) is 36.8 Å². The Morgan fingerprint density at radius 3 is 2.61 bits per heavy atom. The molecule has 100 valence electrons. The Bertz CT molecular complexity index is 398. The fourth-order valence-electron chi connectivity index (χ4n) is 3.04. The summed E-state index contributed by atoms with van der Waals surface area (Å²) in [5.41, 5.74) is 15.8.